The van der Waals surface area contributed by atoms with Gasteiger partial charge in [-0.2, -0.15) is 94.1 Å². The summed E-state index contributed by atoms with van der Waals surface area (Å²) in [6.07, 6.45) is -69.7. The minimum Gasteiger partial charge on any atom is -0.481 e. The van der Waals surface area contributed by atoms with Crippen molar-refractivity contribution in [2.45, 2.75) is 299 Å². The first kappa shape index (κ1) is 107. The highest BCUT2D eigenvalue weighted by atomic mass is 32.2. The monoisotopic (exact) mass is 1950 g/mol. The first-order valence-electron chi connectivity index (χ1n) is 40.7. The van der Waals surface area contributed by atoms with Crippen LogP contribution in [0.1, 0.15) is 65.2 Å². The van der Waals surface area contributed by atoms with E-state index in [1.807, 2.05) is 0 Å². The Kier molecular flexibility index (Phi) is 45.0. The van der Waals surface area contributed by atoms with Crippen molar-refractivity contribution in [2.75, 3.05) is 92.0 Å². The fraction of sp³-hybridized carbons (Fsp3) is 0.892. The van der Waals surface area contributed by atoms with E-state index in [1.165, 1.54) is 13.8 Å². The number of aliphatic carboxylic acids is 5. The molecular formula is C74H116O43S8. The molecule has 0 aromatic carbocycles. The van der Waals surface area contributed by atoms with E-state index in [0.29, 0.717) is 18.9 Å². The summed E-state index contributed by atoms with van der Waals surface area (Å²) < 4.78 is 103. The maximum absolute atomic E-state index is 12.5. The number of carboxylic acid groups (broad SMARTS) is 5. The van der Waals surface area contributed by atoms with Gasteiger partial charge in [-0.05, 0) is 17.3 Å². The number of aldehydes is 3. The summed E-state index contributed by atoms with van der Waals surface area (Å²) in [6, 6.07) is 0. The van der Waals surface area contributed by atoms with Crippen LogP contribution < -0.4 is 0 Å². The molecule has 0 aromatic heterocycles. The van der Waals surface area contributed by atoms with Crippen molar-refractivity contribution < 1.29 is 211 Å². The second-order valence-electron chi connectivity index (χ2n) is 30.9. The van der Waals surface area contributed by atoms with Gasteiger partial charge >= 0.3 is 29.8 Å². The van der Waals surface area contributed by atoms with Gasteiger partial charge in [0.05, 0.1) is 93.1 Å². The van der Waals surface area contributed by atoms with Gasteiger partial charge in [-0.3, -0.25) is 24.0 Å². The van der Waals surface area contributed by atoms with Crippen LogP contribution in [0.4, 0.5) is 0 Å². The number of carbonyl (C=O) groups is 8. The summed E-state index contributed by atoms with van der Waals surface area (Å²) in [7, 11) is 0. The quantitative estimate of drug-likeness (QED) is 0.0202. The lowest BCUT2D eigenvalue weighted by Crippen LogP contribution is -2.68. The lowest BCUT2D eigenvalue weighted by molar-refractivity contribution is -0.394. The van der Waals surface area contributed by atoms with Crippen molar-refractivity contribution in [3.8, 4) is 0 Å². The van der Waals surface area contributed by atoms with Gasteiger partial charge in [0.1, 0.15) is 141 Å². The Morgan fingerprint density at radius 1 is 0.216 bits per heavy atom. The maximum Gasteiger partial charge on any atom is 0.304 e. The molecule has 0 aromatic rings. The van der Waals surface area contributed by atoms with E-state index in [0.717, 1.165) is 94.1 Å². The molecule has 40 atom stereocenters. The van der Waals surface area contributed by atoms with Gasteiger partial charge in [0.2, 0.25) is 0 Å². The van der Waals surface area contributed by atoms with Gasteiger partial charge in [-0.25, -0.2) is 0 Å². The zero-order chi connectivity index (χ0) is 91.0. The van der Waals surface area contributed by atoms with Crippen molar-refractivity contribution in [3.63, 3.8) is 0 Å². The summed E-state index contributed by atoms with van der Waals surface area (Å²) in [6.45, 7) is 2.88. The lowest BCUT2D eigenvalue weighted by Gasteiger charge is -2.51. The van der Waals surface area contributed by atoms with E-state index >= 15 is 0 Å². The average Bonchev–Trinajstić information content (AvgIpc) is 0.770. The normalized spacial score (nSPS) is 42.2. The average molecular weight is 1950 g/mol. The molecule has 19 N–H and O–H groups in total. The van der Waals surface area contributed by atoms with Crippen LogP contribution in [0.5, 0.6) is 0 Å². The second kappa shape index (κ2) is 52.7. The van der Waals surface area contributed by atoms with Gasteiger partial charge in [0.25, 0.3) is 0 Å². The molecule has 30 fully saturated rings. The molecule has 16 bridgehead atoms. The molecule has 30 aliphatic rings. The molecule has 718 valence electrons. The highest BCUT2D eigenvalue weighted by Crippen LogP contribution is 2.44. The molecule has 30 aliphatic heterocycles. The van der Waals surface area contributed by atoms with Crippen molar-refractivity contribution in [2.24, 2.45) is 11.8 Å². The number of carbonyl (C=O) groups excluding carboxylic acids is 3. The molecule has 8 unspecified atom stereocenters. The topological polar surface area (TPSA) is 669 Å². The van der Waals surface area contributed by atoms with E-state index in [1.54, 1.807) is 0 Å². The number of carboxylic acids is 5. The first-order valence-corrected chi connectivity index (χ1v) is 49.9. The molecule has 0 aliphatic carbocycles. The van der Waals surface area contributed by atoms with Crippen molar-refractivity contribution in [1.82, 2.24) is 0 Å². The summed E-state index contributed by atoms with van der Waals surface area (Å²) >= 11 is 8.24. The van der Waals surface area contributed by atoms with E-state index < -0.39 is 282 Å². The zero-order valence-corrected chi connectivity index (χ0v) is 74.4. The van der Waals surface area contributed by atoms with Gasteiger partial charge in [-0.15, -0.1) is 0 Å². The zero-order valence-electron chi connectivity index (χ0n) is 67.9. The van der Waals surface area contributed by atoms with Gasteiger partial charge in [-0.1, -0.05) is 13.8 Å². The second-order valence-corrected chi connectivity index (χ2v) is 40.1. The number of ether oxygens (including phenoxy) is 16. The number of thioether (sulfide) groups is 8. The van der Waals surface area contributed by atoms with Crippen molar-refractivity contribution in [3.05, 3.63) is 0 Å². The third-order valence-electron chi connectivity index (χ3n) is 21.9. The Balaban J connectivity index is 1.11. The fourth-order valence-corrected chi connectivity index (χ4v) is 22.8. The molecule has 0 amide bonds. The number of hydrogen-bond acceptors (Lipinski definition) is 46. The Bertz CT molecular complexity index is 3250. The van der Waals surface area contributed by atoms with Crippen LogP contribution in [0.3, 0.4) is 0 Å². The van der Waals surface area contributed by atoms with E-state index in [4.69, 9.17) is 75.8 Å². The number of aliphatic hydroxyl groups excluding tert-OH is 14. The standard InChI is InChI=1S/C74H116O43S8/c1-30-46(89)68-103-32(22-121-17-6-40(78)79)59(30)110-69-53(96)47(90)61(37(104-69)27-123-19-8-42(82)83)111-67-31(2)45(88)60(33(102-67)26-122-18-7-41(80)81)112-70-54(97)49(92)66(39(108-70)29-125-21-10-44(86)87)117-73-58(101)52(95)64(35(107-73)24-119-15-4-12-76)115-71-56(99)50(93)63(34(105-71)23-118-14-3-11-75)114-72-57(100)51(94)65(36(106-72)25-120-16-5-13-77)116-74-55(98)48(91)62(113-68)38(109-74)28-124-20-9-43(84)85/h11-13,30-39,45-74,88-101H,3-10,14-29H2,1-2H3,(H,78,79)(H,80,81)(H,82,83)(H,84,85)(H,86,87)/t30-,31-,32-,33-,34-,35-,36-,37-,38-,39-,45-,46-,47-,48-,49-,50-,51-,52-,53-,54-,55-,56-,57-,58-,59+,60-,61-,62-,63-,64-,65-,66-,67?,68?,69?,70?,71?,72?,73?,74?/m0/s1. The van der Waals surface area contributed by atoms with Crippen molar-refractivity contribution >= 4 is 143 Å². The van der Waals surface area contributed by atoms with E-state index in [-0.39, 0.29) is 137 Å². The maximum atomic E-state index is 12.5. The Morgan fingerprint density at radius 2 is 0.384 bits per heavy atom. The molecule has 125 heavy (non-hydrogen) atoms. The predicted octanol–water partition coefficient (Wildman–Crippen LogP) is -4.79. The van der Waals surface area contributed by atoms with Crippen LogP contribution in [0.15, 0.2) is 0 Å². The molecule has 30 saturated heterocycles. The summed E-state index contributed by atoms with van der Waals surface area (Å²) in [4.78, 5) is 93.9. The summed E-state index contributed by atoms with van der Waals surface area (Å²) in [5.74, 6) is -10.0. The first-order chi connectivity index (χ1) is 59.7. The minimum atomic E-state index is -2.21. The van der Waals surface area contributed by atoms with Crippen LogP contribution in [0.2, 0.25) is 0 Å². The van der Waals surface area contributed by atoms with Gasteiger partial charge < -0.3 is 187 Å². The third-order valence-corrected chi connectivity index (χ3v) is 30.4. The van der Waals surface area contributed by atoms with Crippen LogP contribution >= 0.6 is 94.1 Å². The predicted molar refractivity (Wildman–Crippen MR) is 443 cm³/mol. The molecule has 30 rings (SSSR count). The SMILES string of the molecule is C[C@@H]1[C@H]2OC3O[C@@H](CSCCC(=O)O)[C@H](OC4O[C@@H](CSCCC(=O)O)[C@H](OC5O[C@@H](CSCCC(=O)O)[C@H](OC6O[C@@H](CSCCC=O)[C@H](OC7O[C@@H](CSCCC=O)[C@H](OC8O[C@@H](CSCCC=O)[C@H](OC9O[C@@H](CSCCC(=O)O)[C@H](OC(O[C@H]2CSCCC(=O)O)[C@H]1O)[C@@H](O)[C@@H]9O)[C@@H](O)[C@@H]8O)[C@@H](O)[C@@H]7O)[C@@H](O)[C@@H]6O)[C@@H](O)[C@@H]5O)[C@@H](O)[C@@H]4C)[C@@H](O)[C@@H]3O. The lowest BCUT2D eigenvalue weighted by atomic mass is 9.90. The highest BCUT2D eigenvalue weighted by Gasteiger charge is 2.61. The molecule has 0 spiro atoms. The summed E-state index contributed by atoms with van der Waals surface area (Å²) in [5, 5.41) is 220. The molecule has 0 saturated carbocycles. The fourth-order valence-electron chi connectivity index (χ4n) is 15.0. The Hall–Kier alpha value is -2.04. The largest absolute Gasteiger partial charge is 0.481 e. The van der Waals surface area contributed by atoms with E-state index in [2.05, 4.69) is 0 Å². The molecule has 0 radical (unpaired) electrons. The Morgan fingerprint density at radius 3 is 0.592 bits per heavy atom. The Labute approximate surface area is 752 Å². The number of aliphatic hydroxyl groups is 14. The summed E-state index contributed by atoms with van der Waals surface area (Å²) in [5.41, 5.74) is 0. The molecule has 51 heteroatoms. The number of hydrogen-bond donors (Lipinski definition) is 19. The van der Waals surface area contributed by atoms with Crippen LogP contribution in [-0.2, 0) is 114 Å². The molecular weight excluding hydrogens is 1830 g/mol. The van der Waals surface area contributed by atoms with Crippen LogP contribution in [0, 0.1) is 11.8 Å². The van der Waals surface area contributed by atoms with Crippen LogP contribution in [0.25, 0.3) is 0 Å². The van der Waals surface area contributed by atoms with Crippen LogP contribution in [-0.4, -0.2) is 471 Å². The minimum absolute atomic E-state index is 0.00106. The molecule has 43 nitrogen and oxygen atoms in total. The van der Waals surface area contributed by atoms with Crippen molar-refractivity contribution in [1.29, 1.82) is 0 Å². The smallest absolute Gasteiger partial charge is 0.304 e. The third kappa shape index (κ3) is 29.7. The number of rotatable bonds is 40. The molecule has 30 heterocycles. The van der Waals surface area contributed by atoms with E-state index in [9.17, 15) is 135 Å². The van der Waals surface area contributed by atoms with Gasteiger partial charge in [0.15, 0.2) is 50.3 Å². The van der Waals surface area contributed by atoms with Gasteiger partial charge in [0, 0.05) is 106 Å². The highest BCUT2D eigenvalue weighted by molar-refractivity contribution is 8.00.